The van der Waals surface area contributed by atoms with Crippen LogP contribution in [-0.2, 0) is 16.4 Å². The number of rotatable bonds is 4. The smallest absolute Gasteiger partial charge is 0.269 e. The van der Waals surface area contributed by atoms with Gasteiger partial charge in [-0.25, -0.2) is 17.4 Å². The summed E-state index contributed by atoms with van der Waals surface area (Å²) in [6, 6.07) is 11.7. The van der Waals surface area contributed by atoms with Gasteiger partial charge in [0.2, 0.25) is 0 Å². The van der Waals surface area contributed by atoms with Gasteiger partial charge in [0, 0.05) is 24.2 Å². The molecule has 22 heavy (non-hydrogen) atoms. The molecule has 5 nitrogen and oxygen atoms in total. The van der Waals surface area contributed by atoms with Crippen molar-refractivity contribution >= 4 is 21.1 Å². The zero-order valence-electron chi connectivity index (χ0n) is 12.0. The number of benzene rings is 1. The van der Waals surface area contributed by atoms with Crippen LogP contribution in [0, 0.1) is 6.10 Å². The number of hydrogen-bond acceptors (Lipinski definition) is 4. The Morgan fingerprint density at radius 2 is 1.91 bits per heavy atom. The standard InChI is InChI=1S/C16H15N2O3S/c1-12(19)11-13-7-9-17-16-15(13)8-10-18(16)22(20,21)14-5-3-2-4-6-14/h2-10,19H,11H2,1H3. The molecule has 0 atom stereocenters. The zero-order chi connectivity index (χ0) is 15.7. The number of nitrogens with zero attached hydrogens (tertiary/aromatic N) is 2. The molecule has 0 spiro atoms. The fraction of sp³-hybridized carbons (Fsp3) is 0.125. The highest BCUT2D eigenvalue weighted by atomic mass is 32.2. The van der Waals surface area contributed by atoms with Crippen molar-refractivity contribution in [2.24, 2.45) is 0 Å². The van der Waals surface area contributed by atoms with E-state index < -0.39 is 10.0 Å². The molecule has 0 fully saturated rings. The quantitative estimate of drug-likeness (QED) is 0.803. The van der Waals surface area contributed by atoms with Crippen molar-refractivity contribution in [2.45, 2.75) is 18.2 Å². The summed E-state index contributed by atoms with van der Waals surface area (Å²) >= 11 is 0. The lowest BCUT2D eigenvalue weighted by Gasteiger charge is -2.08. The van der Waals surface area contributed by atoms with Gasteiger partial charge in [-0.2, -0.15) is 0 Å². The van der Waals surface area contributed by atoms with Crippen LogP contribution in [0.3, 0.4) is 0 Å². The number of aliphatic hydroxyl groups is 1. The lowest BCUT2D eigenvalue weighted by Crippen LogP contribution is -2.12. The maximum absolute atomic E-state index is 12.7. The van der Waals surface area contributed by atoms with Gasteiger partial charge in [-0.05, 0) is 36.8 Å². The Kier molecular flexibility index (Phi) is 3.72. The lowest BCUT2D eigenvalue weighted by molar-refractivity contribution is 0.307. The second-order valence-electron chi connectivity index (χ2n) is 5.05. The summed E-state index contributed by atoms with van der Waals surface area (Å²) in [5.41, 5.74) is 1.20. The Morgan fingerprint density at radius 1 is 1.18 bits per heavy atom. The van der Waals surface area contributed by atoms with Crippen LogP contribution in [-0.4, -0.2) is 22.5 Å². The molecule has 0 saturated carbocycles. The molecule has 113 valence electrons. The van der Waals surface area contributed by atoms with Crippen molar-refractivity contribution < 1.29 is 13.5 Å². The third-order valence-corrected chi connectivity index (χ3v) is 5.07. The molecule has 0 bridgehead atoms. The summed E-state index contributed by atoms with van der Waals surface area (Å²) in [6.07, 6.45) is 3.69. The number of aliphatic hydroxyl groups excluding tert-OH is 1. The minimum atomic E-state index is -3.68. The van der Waals surface area contributed by atoms with Gasteiger partial charge in [-0.15, -0.1) is 0 Å². The second-order valence-corrected chi connectivity index (χ2v) is 6.86. The van der Waals surface area contributed by atoms with Crippen molar-refractivity contribution in [3.8, 4) is 0 Å². The Hall–Kier alpha value is -2.18. The third-order valence-electron chi connectivity index (χ3n) is 3.39. The topological polar surface area (TPSA) is 72.2 Å². The van der Waals surface area contributed by atoms with Crippen molar-refractivity contribution in [2.75, 3.05) is 0 Å². The third kappa shape index (κ3) is 2.51. The fourth-order valence-corrected chi connectivity index (χ4v) is 3.72. The van der Waals surface area contributed by atoms with Gasteiger partial charge in [0.1, 0.15) is 0 Å². The maximum Gasteiger partial charge on any atom is 0.269 e. The SMILES string of the molecule is C[C](O)Cc1ccnc2c1ccn2S(=O)(=O)c1ccccc1. The summed E-state index contributed by atoms with van der Waals surface area (Å²) in [4.78, 5) is 4.41. The number of hydrogen-bond donors (Lipinski definition) is 1. The summed E-state index contributed by atoms with van der Waals surface area (Å²) in [6.45, 7) is 1.62. The van der Waals surface area contributed by atoms with E-state index in [0.29, 0.717) is 12.1 Å². The van der Waals surface area contributed by atoms with E-state index in [9.17, 15) is 13.5 Å². The molecule has 2 heterocycles. The first-order valence-corrected chi connectivity index (χ1v) is 8.21. The Bertz CT molecular complexity index is 900. The molecule has 1 N–H and O–H groups in total. The van der Waals surface area contributed by atoms with Gasteiger partial charge < -0.3 is 5.11 Å². The predicted molar refractivity (Wildman–Crippen MR) is 83.3 cm³/mol. The molecule has 6 heteroatoms. The van der Waals surface area contributed by atoms with E-state index >= 15 is 0 Å². The second kappa shape index (κ2) is 5.55. The van der Waals surface area contributed by atoms with E-state index in [4.69, 9.17) is 0 Å². The van der Waals surface area contributed by atoms with E-state index in [-0.39, 0.29) is 11.0 Å². The Labute approximate surface area is 128 Å². The normalized spacial score (nSPS) is 12.1. The van der Waals surface area contributed by atoms with E-state index in [1.807, 2.05) is 0 Å². The highest BCUT2D eigenvalue weighted by Gasteiger charge is 2.20. The van der Waals surface area contributed by atoms with Gasteiger partial charge in [0.15, 0.2) is 5.65 Å². The van der Waals surface area contributed by atoms with E-state index in [0.717, 1.165) is 10.9 Å². The van der Waals surface area contributed by atoms with Crippen molar-refractivity contribution in [1.82, 2.24) is 8.96 Å². The van der Waals surface area contributed by atoms with Gasteiger partial charge >= 0.3 is 0 Å². The maximum atomic E-state index is 12.7. The molecule has 0 aliphatic rings. The highest BCUT2D eigenvalue weighted by molar-refractivity contribution is 7.90. The minimum Gasteiger partial charge on any atom is -0.387 e. The van der Waals surface area contributed by atoms with Crippen LogP contribution in [0.15, 0.2) is 59.8 Å². The van der Waals surface area contributed by atoms with Crippen molar-refractivity contribution in [1.29, 1.82) is 0 Å². The molecule has 0 aliphatic heterocycles. The molecule has 1 radical (unpaired) electrons. The minimum absolute atomic E-state index is 0.213. The van der Waals surface area contributed by atoms with Crippen LogP contribution in [0.5, 0.6) is 0 Å². The van der Waals surface area contributed by atoms with Crippen molar-refractivity contribution in [3.63, 3.8) is 0 Å². The average molecular weight is 315 g/mol. The van der Waals surface area contributed by atoms with Gasteiger partial charge in [0.25, 0.3) is 10.0 Å². The van der Waals surface area contributed by atoms with Crippen molar-refractivity contribution in [3.05, 3.63) is 66.5 Å². The molecule has 0 aliphatic carbocycles. The number of aromatic nitrogens is 2. The first-order valence-electron chi connectivity index (χ1n) is 6.77. The molecule has 0 unspecified atom stereocenters. The Morgan fingerprint density at radius 3 is 2.59 bits per heavy atom. The van der Waals surface area contributed by atoms with E-state index in [1.165, 1.54) is 10.2 Å². The lowest BCUT2D eigenvalue weighted by atomic mass is 10.1. The van der Waals surface area contributed by atoms with E-state index in [2.05, 4.69) is 4.98 Å². The predicted octanol–water partition coefficient (Wildman–Crippen LogP) is 2.74. The first-order chi connectivity index (χ1) is 10.5. The number of pyridine rings is 1. The monoisotopic (exact) mass is 315 g/mol. The zero-order valence-corrected chi connectivity index (χ0v) is 12.8. The largest absolute Gasteiger partial charge is 0.387 e. The number of fused-ring (bicyclic) bond motifs is 1. The molecule has 0 amide bonds. The van der Waals surface area contributed by atoms with Gasteiger partial charge in [-0.3, -0.25) is 0 Å². The van der Waals surface area contributed by atoms with Gasteiger partial charge in [-0.1, -0.05) is 18.2 Å². The summed E-state index contributed by atoms with van der Waals surface area (Å²) < 4.78 is 26.6. The van der Waals surface area contributed by atoms with Crippen LogP contribution < -0.4 is 0 Å². The fourth-order valence-electron chi connectivity index (χ4n) is 2.40. The van der Waals surface area contributed by atoms with Crippen LogP contribution in [0.2, 0.25) is 0 Å². The van der Waals surface area contributed by atoms with Crippen LogP contribution in [0.1, 0.15) is 12.5 Å². The van der Waals surface area contributed by atoms with Gasteiger partial charge in [0.05, 0.1) is 11.0 Å². The molecule has 3 aromatic rings. The molecular formula is C16H15N2O3S. The highest BCUT2D eigenvalue weighted by Crippen LogP contribution is 2.24. The summed E-state index contributed by atoms with van der Waals surface area (Å²) in [5, 5.41) is 10.2. The summed E-state index contributed by atoms with van der Waals surface area (Å²) in [7, 11) is -3.68. The molecule has 0 saturated heterocycles. The first kappa shape index (κ1) is 14.7. The molecule has 3 rings (SSSR count). The molecule has 2 aromatic heterocycles. The Balaban J connectivity index is 2.17. The molecule has 1 aromatic carbocycles. The van der Waals surface area contributed by atoms with E-state index in [1.54, 1.807) is 55.6 Å². The average Bonchev–Trinajstić information content (AvgIpc) is 2.93. The molecular weight excluding hydrogens is 300 g/mol. The van der Waals surface area contributed by atoms with Crippen LogP contribution in [0.25, 0.3) is 11.0 Å². The van der Waals surface area contributed by atoms with Crippen LogP contribution >= 0.6 is 0 Å². The van der Waals surface area contributed by atoms with Crippen LogP contribution in [0.4, 0.5) is 0 Å². The summed E-state index contributed by atoms with van der Waals surface area (Å²) in [5.74, 6) is 0.